The van der Waals surface area contributed by atoms with E-state index in [1.165, 1.54) is 5.56 Å². The lowest BCUT2D eigenvalue weighted by molar-refractivity contribution is -0.120. The molecule has 7 nitrogen and oxygen atoms in total. The van der Waals surface area contributed by atoms with Crippen LogP contribution in [0, 0.1) is 5.92 Å². The summed E-state index contributed by atoms with van der Waals surface area (Å²) in [6.07, 6.45) is 0. The van der Waals surface area contributed by atoms with Gasteiger partial charge < -0.3 is 25.6 Å². The third kappa shape index (κ3) is 7.61. The zero-order valence-electron chi connectivity index (χ0n) is 18.4. The quantitative estimate of drug-likeness (QED) is 0.426. The Morgan fingerprint density at radius 1 is 1.13 bits per heavy atom. The number of carbonyl (C=O) groups is 1. The Balaban J connectivity index is 1.36. The predicted molar refractivity (Wildman–Crippen MR) is 125 cm³/mol. The number of ether oxygens (including phenoxy) is 1. The molecule has 1 heterocycles. The van der Waals surface area contributed by atoms with Crippen molar-refractivity contribution in [3.63, 3.8) is 0 Å². The Bertz CT molecular complexity index is 839. The maximum Gasteiger partial charge on any atom is 0.239 e. The Morgan fingerprint density at radius 3 is 2.61 bits per heavy atom. The van der Waals surface area contributed by atoms with Crippen molar-refractivity contribution in [2.75, 3.05) is 44.7 Å². The maximum atomic E-state index is 11.6. The lowest BCUT2D eigenvalue weighted by atomic mass is 10.2. The monoisotopic (exact) mass is 423 g/mol. The number of carbonyl (C=O) groups excluding carboxylic acids is 1. The van der Waals surface area contributed by atoms with Gasteiger partial charge in [-0.25, -0.2) is 0 Å². The summed E-state index contributed by atoms with van der Waals surface area (Å²) >= 11 is 0. The van der Waals surface area contributed by atoms with Crippen molar-refractivity contribution in [3.8, 4) is 0 Å². The summed E-state index contributed by atoms with van der Waals surface area (Å²) in [4.78, 5) is 18.0. The standard InChI is InChI=1S/C24H33N5O2/c1-19(17-31-18-21-6-4-3-5-7-21)14-27-24(25-2)28-15-20-8-10-22(11-9-20)29-13-12-26-23(30)16-29/h3-11,19H,12-18H2,1-2H3,(H,26,30)(H2,25,27,28). The molecule has 31 heavy (non-hydrogen) atoms. The summed E-state index contributed by atoms with van der Waals surface area (Å²) < 4.78 is 5.82. The predicted octanol–water partition coefficient (Wildman–Crippen LogP) is 2.14. The van der Waals surface area contributed by atoms with Crippen LogP contribution in [0.3, 0.4) is 0 Å². The van der Waals surface area contributed by atoms with Crippen molar-refractivity contribution < 1.29 is 9.53 Å². The number of nitrogens with zero attached hydrogens (tertiary/aromatic N) is 2. The molecule has 1 fully saturated rings. The molecule has 0 radical (unpaired) electrons. The molecule has 2 aromatic carbocycles. The van der Waals surface area contributed by atoms with Gasteiger partial charge in [-0.2, -0.15) is 0 Å². The van der Waals surface area contributed by atoms with Crippen molar-refractivity contribution >= 4 is 17.6 Å². The summed E-state index contributed by atoms with van der Waals surface area (Å²) in [6, 6.07) is 18.5. The number of aliphatic imine (C=N–C) groups is 1. The van der Waals surface area contributed by atoms with Gasteiger partial charge in [0.05, 0.1) is 19.8 Å². The number of piperazine rings is 1. The number of benzene rings is 2. The molecule has 0 aliphatic carbocycles. The first-order valence-electron chi connectivity index (χ1n) is 10.8. The van der Waals surface area contributed by atoms with Crippen LogP contribution < -0.4 is 20.9 Å². The summed E-state index contributed by atoms with van der Waals surface area (Å²) in [5.74, 6) is 1.21. The average molecular weight is 424 g/mol. The van der Waals surface area contributed by atoms with Crippen molar-refractivity contribution in [3.05, 3.63) is 65.7 Å². The molecule has 0 saturated carbocycles. The average Bonchev–Trinajstić information content (AvgIpc) is 2.80. The molecule has 3 N–H and O–H groups in total. The summed E-state index contributed by atoms with van der Waals surface area (Å²) in [5.41, 5.74) is 3.42. The van der Waals surface area contributed by atoms with Crippen molar-refractivity contribution in [1.82, 2.24) is 16.0 Å². The van der Waals surface area contributed by atoms with Gasteiger partial charge in [0.15, 0.2) is 5.96 Å². The maximum absolute atomic E-state index is 11.6. The van der Waals surface area contributed by atoms with Gasteiger partial charge in [0, 0.05) is 38.9 Å². The minimum Gasteiger partial charge on any atom is -0.376 e. The minimum absolute atomic E-state index is 0.0755. The normalized spacial score (nSPS) is 15.4. The highest BCUT2D eigenvalue weighted by atomic mass is 16.5. The van der Waals surface area contributed by atoms with Gasteiger partial charge in [0.1, 0.15) is 0 Å². The fraction of sp³-hybridized carbons (Fsp3) is 0.417. The van der Waals surface area contributed by atoms with Gasteiger partial charge in [0.25, 0.3) is 0 Å². The van der Waals surface area contributed by atoms with Crippen LogP contribution in [0.25, 0.3) is 0 Å². The Morgan fingerprint density at radius 2 is 1.90 bits per heavy atom. The first-order chi connectivity index (χ1) is 15.1. The fourth-order valence-corrected chi connectivity index (χ4v) is 3.37. The molecule has 1 aliphatic rings. The molecule has 2 aromatic rings. The fourth-order valence-electron chi connectivity index (χ4n) is 3.37. The molecule has 0 aromatic heterocycles. The van der Waals surface area contributed by atoms with E-state index in [0.717, 1.165) is 30.3 Å². The molecule has 7 heteroatoms. The van der Waals surface area contributed by atoms with Crippen molar-refractivity contribution in [2.24, 2.45) is 10.9 Å². The lowest BCUT2D eigenvalue weighted by Crippen LogP contribution is -2.47. The van der Waals surface area contributed by atoms with Crippen LogP contribution in [0.4, 0.5) is 5.69 Å². The van der Waals surface area contributed by atoms with Crippen molar-refractivity contribution in [2.45, 2.75) is 20.1 Å². The number of anilines is 1. The van der Waals surface area contributed by atoms with Gasteiger partial charge >= 0.3 is 0 Å². The van der Waals surface area contributed by atoms with E-state index in [4.69, 9.17) is 4.74 Å². The van der Waals surface area contributed by atoms with Gasteiger partial charge in [-0.1, -0.05) is 49.4 Å². The molecule has 1 unspecified atom stereocenters. The lowest BCUT2D eigenvalue weighted by Gasteiger charge is -2.28. The smallest absolute Gasteiger partial charge is 0.239 e. The molecule has 1 amide bonds. The summed E-state index contributed by atoms with van der Waals surface area (Å²) in [5, 5.41) is 9.56. The minimum atomic E-state index is 0.0755. The van der Waals surface area contributed by atoms with Gasteiger partial charge in [-0.05, 0) is 29.2 Å². The van der Waals surface area contributed by atoms with Gasteiger partial charge in [-0.15, -0.1) is 0 Å². The van der Waals surface area contributed by atoms with Crippen LogP contribution in [0.5, 0.6) is 0 Å². The van der Waals surface area contributed by atoms with Crippen LogP contribution in [0.2, 0.25) is 0 Å². The third-order valence-electron chi connectivity index (χ3n) is 5.16. The highest BCUT2D eigenvalue weighted by molar-refractivity contribution is 5.82. The number of hydrogen-bond acceptors (Lipinski definition) is 4. The molecule has 1 saturated heterocycles. The molecule has 0 spiro atoms. The zero-order valence-corrected chi connectivity index (χ0v) is 18.4. The molecular formula is C24H33N5O2. The highest BCUT2D eigenvalue weighted by Gasteiger charge is 2.16. The van der Waals surface area contributed by atoms with E-state index in [1.807, 2.05) is 18.2 Å². The van der Waals surface area contributed by atoms with E-state index in [9.17, 15) is 4.79 Å². The van der Waals surface area contributed by atoms with E-state index < -0.39 is 0 Å². The number of hydrogen-bond donors (Lipinski definition) is 3. The van der Waals surface area contributed by atoms with Crippen LogP contribution in [0.1, 0.15) is 18.1 Å². The Kier molecular flexibility index (Phi) is 8.72. The SMILES string of the molecule is CN=C(NCc1ccc(N2CCNC(=O)C2)cc1)NCC(C)COCc1ccccc1. The summed E-state index contributed by atoms with van der Waals surface area (Å²) in [7, 11) is 1.77. The van der Waals surface area contributed by atoms with E-state index in [2.05, 4.69) is 69.2 Å². The number of guanidine groups is 1. The van der Waals surface area contributed by atoms with E-state index >= 15 is 0 Å². The van der Waals surface area contributed by atoms with Crippen LogP contribution >= 0.6 is 0 Å². The van der Waals surface area contributed by atoms with E-state index in [-0.39, 0.29) is 5.91 Å². The van der Waals surface area contributed by atoms with Gasteiger partial charge in [-0.3, -0.25) is 9.79 Å². The topological polar surface area (TPSA) is 78.0 Å². The van der Waals surface area contributed by atoms with Crippen LogP contribution in [-0.4, -0.2) is 51.7 Å². The second kappa shape index (κ2) is 12.0. The Labute approximate surface area is 184 Å². The third-order valence-corrected chi connectivity index (χ3v) is 5.16. The number of nitrogens with one attached hydrogen (secondary N) is 3. The molecule has 1 atom stereocenters. The van der Waals surface area contributed by atoms with Crippen LogP contribution in [0.15, 0.2) is 59.6 Å². The highest BCUT2D eigenvalue weighted by Crippen LogP contribution is 2.16. The first kappa shape index (κ1) is 22.6. The van der Waals surface area contributed by atoms with Gasteiger partial charge in [0.2, 0.25) is 5.91 Å². The Hall–Kier alpha value is -3.06. The molecule has 3 rings (SSSR count). The largest absolute Gasteiger partial charge is 0.376 e. The number of rotatable bonds is 9. The second-order valence-corrected chi connectivity index (χ2v) is 7.85. The van der Waals surface area contributed by atoms with Crippen molar-refractivity contribution in [1.29, 1.82) is 0 Å². The molecule has 1 aliphatic heterocycles. The van der Waals surface area contributed by atoms with E-state index in [0.29, 0.717) is 38.8 Å². The van der Waals surface area contributed by atoms with E-state index in [1.54, 1.807) is 7.05 Å². The second-order valence-electron chi connectivity index (χ2n) is 7.85. The molecule has 0 bridgehead atoms. The molecule has 166 valence electrons. The van der Waals surface area contributed by atoms with Crippen LogP contribution in [-0.2, 0) is 22.7 Å². The number of amides is 1. The summed E-state index contributed by atoms with van der Waals surface area (Å²) in [6.45, 7) is 6.90. The molecular weight excluding hydrogens is 390 g/mol. The zero-order chi connectivity index (χ0) is 21.9. The first-order valence-corrected chi connectivity index (χ1v) is 10.8.